The van der Waals surface area contributed by atoms with Gasteiger partial charge in [-0.3, -0.25) is 4.79 Å². The molecule has 1 N–H and O–H groups in total. The van der Waals surface area contributed by atoms with Gasteiger partial charge in [0.15, 0.2) is 0 Å². The lowest BCUT2D eigenvalue weighted by Gasteiger charge is -2.13. The van der Waals surface area contributed by atoms with Crippen LogP contribution in [-0.2, 0) is 23.9 Å². The molecule has 3 nitrogen and oxygen atoms in total. The Morgan fingerprint density at radius 3 is 2.33 bits per heavy atom. The standard InChI is InChI=1S/C18H15F6NO2/c19-13-5-4-12(15(9-13)18(22,23)24)10-25-16(26)8-3-11-1-6-14(7-2-11)27-17(20)21/h1-2,4-7,9,17H,3,8,10H2,(H,25,26). The molecule has 0 saturated carbocycles. The van der Waals surface area contributed by atoms with Gasteiger partial charge in [-0.1, -0.05) is 18.2 Å². The average molecular weight is 391 g/mol. The highest BCUT2D eigenvalue weighted by Gasteiger charge is 2.33. The summed E-state index contributed by atoms with van der Waals surface area (Å²) in [6, 6.07) is 7.91. The number of benzene rings is 2. The molecule has 1 amide bonds. The number of carbonyl (C=O) groups excluding carboxylic acids is 1. The Kier molecular flexibility index (Phi) is 6.70. The van der Waals surface area contributed by atoms with Crippen LogP contribution < -0.4 is 10.1 Å². The molecule has 0 saturated heterocycles. The predicted octanol–water partition coefficient (Wildman–Crippen LogP) is 4.69. The van der Waals surface area contributed by atoms with Crippen molar-refractivity contribution in [2.75, 3.05) is 0 Å². The van der Waals surface area contributed by atoms with Crippen molar-refractivity contribution in [1.82, 2.24) is 5.32 Å². The van der Waals surface area contributed by atoms with Crippen LogP contribution in [0.2, 0.25) is 0 Å². The van der Waals surface area contributed by atoms with E-state index in [1.54, 1.807) is 0 Å². The molecule has 0 radical (unpaired) electrons. The first-order valence-corrected chi connectivity index (χ1v) is 7.81. The molecule has 0 aliphatic carbocycles. The third-order valence-electron chi connectivity index (χ3n) is 3.64. The molecule has 0 aliphatic rings. The zero-order valence-electron chi connectivity index (χ0n) is 13.8. The smallest absolute Gasteiger partial charge is 0.416 e. The van der Waals surface area contributed by atoms with E-state index in [9.17, 15) is 31.1 Å². The number of rotatable bonds is 7. The minimum Gasteiger partial charge on any atom is -0.435 e. The maximum Gasteiger partial charge on any atom is 0.416 e. The fourth-order valence-electron chi connectivity index (χ4n) is 2.34. The first kappa shape index (κ1) is 20.6. The van der Waals surface area contributed by atoms with Gasteiger partial charge in [-0.25, -0.2) is 4.39 Å². The first-order valence-electron chi connectivity index (χ1n) is 7.81. The van der Waals surface area contributed by atoms with Crippen LogP contribution in [0, 0.1) is 5.82 Å². The van der Waals surface area contributed by atoms with Crippen molar-refractivity contribution in [1.29, 1.82) is 0 Å². The van der Waals surface area contributed by atoms with Crippen LogP contribution in [0.3, 0.4) is 0 Å². The zero-order chi connectivity index (χ0) is 20.0. The zero-order valence-corrected chi connectivity index (χ0v) is 13.8. The largest absolute Gasteiger partial charge is 0.435 e. The quantitative estimate of drug-likeness (QED) is 0.696. The number of aryl methyl sites for hydroxylation is 1. The molecule has 146 valence electrons. The lowest BCUT2D eigenvalue weighted by molar-refractivity contribution is -0.138. The highest BCUT2D eigenvalue weighted by molar-refractivity contribution is 5.76. The van der Waals surface area contributed by atoms with Crippen molar-refractivity contribution >= 4 is 5.91 Å². The molecule has 2 aromatic rings. The summed E-state index contributed by atoms with van der Waals surface area (Å²) in [6.07, 6.45) is -4.49. The van der Waals surface area contributed by atoms with Crippen molar-refractivity contribution in [3.05, 3.63) is 65.0 Å². The van der Waals surface area contributed by atoms with Gasteiger partial charge in [-0.05, 0) is 41.8 Å². The van der Waals surface area contributed by atoms with E-state index in [1.165, 1.54) is 24.3 Å². The van der Waals surface area contributed by atoms with Crippen molar-refractivity contribution < 1.29 is 35.9 Å². The summed E-state index contributed by atoms with van der Waals surface area (Å²) >= 11 is 0. The minimum atomic E-state index is -4.73. The first-order chi connectivity index (χ1) is 12.6. The normalized spacial score (nSPS) is 11.5. The van der Waals surface area contributed by atoms with E-state index in [4.69, 9.17) is 0 Å². The average Bonchev–Trinajstić information content (AvgIpc) is 2.58. The van der Waals surface area contributed by atoms with Gasteiger partial charge in [0.05, 0.1) is 5.56 Å². The second-order valence-corrected chi connectivity index (χ2v) is 5.60. The minimum absolute atomic E-state index is 0.0163. The Hall–Kier alpha value is -2.71. The van der Waals surface area contributed by atoms with Gasteiger partial charge in [-0.15, -0.1) is 0 Å². The SMILES string of the molecule is O=C(CCc1ccc(OC(F)F)cc1)NCc1ccc(F)cc1C(F)(F)F. The second kappa shape index (κ2) is 8.79. The Balaban J connectivity index is 1.88. The number of hydrogen-bond donors (Lipinski definition) is 1. The Morgan fingerprint density at radius 1 is 1.07 bits per heavy atom. The molecule has 0 heterocycles. The Labute approximate surface area is 150 Å². The lowest BCUT2D eigenvalue weighted by atomic mass is 10.1. The van der Waals surface area contributed by atoms with Crippen LogP contribution in [-0.4, -0.2) is 12.5 Å². The molecule has 2 rings (SSSR count). The number of ether oxygens (including phenoxy) is 1. The van der Waals surface area contributed by atoms with E-state index in [-0.39, 0.29) is 24.2 Å². The van der Waals surface area contributed by atoms with Crippen LogP contribution in [0.15, 0.2) is 42.5 Å². The molecule has 0 spiro atoms. The van der Waals surface area contributed by atoms with Gasteiger partial charge >= 0.3 is 12.8 Å². The summed E-state index contributed by atoms with van der Waals surface area (Å²) in [5, 5.41) is 2.35. The summed E-state index contributed by atoms with van der Waals surface area (Å²) < 4.78 is 80.1. The Bertz CT molecular complexity index is 774. The van der Waals surface area contributed by atoms with Gasteiger partial charge < -0.3 is 10.1 Å². The highest BCUT2D eigenvalue weighted by Crippen LogP contribution is 2.32. The predicted molar refractivity (Wildman–Crippen MR) is 84.6 cm³/mol. The molecule has 2 aromatic carbocycles. The Morgan fingerprint density at radius 2 is 1.74 bits per heavy atom. The summed E-state index contributed by atoms with van der Waals surface area (Å²) in [5.74, 6) is -1.54. The molecule has 0 unspecified atom stereocenters. The number of hydrogen-bond acceptors (Lipinski definition) is 2. The molecule has 0 aromatic heterocycles. The summed E-state index contributed by atoms with van der Waals surface area (Å²) in [6.45, 7) is -3.33. The van der Waals surface area contributed by atoms with Gasteiger partial charge in [0, 0.05) is 13.0 Å². The van der Waals surface area contributed by atoms with Crippen LogP contribution in [0.1, 0.15) is 23.1 Å². The summed E-state index contributed by atoms with van der Waals surface area (Å²) in [4.78, 5) is 11.8. The van der Waals surface area contributed by atoms with Gasteiger partial charge in [0.2, 0.25) is 5.91 Å². The maximum atomic E-state index is 13.0. The van der Waals surface area contributed by atoms with Crippen LogP contribution in [0.5, 0.6) is 5.75 Å². The number of alkyl halides is 5. The fraction of sp³-hybridized carbons (Fsp3) is 0.278. The summed E-state index contributed by atoms with van der Waals surface area (Å²) in [7, 11) is 0. The molecule has 0 atom stereocenters. The van der Waals surface area contributed by atoms with Gasteiger partial charge in [0.1, 0.15) is 11.6 Å². The third-order valence-corrected chi connectivity index (χ3v) is 3.64. The third kappa shape index (κ3) is 6.50. The van der Waals surface area contributed by atoms with Crippen molar-refractivity contribution in [2.45, 2.75) is 32.2 Å². The van der Waals surface area contributed by atoms with Crippen molar-refractivity contribution in [2.24, 2.45) is 0 Å². The van der Waals surface area contributed by atoms with Crippen molar-refractivity contribution in [3.63, 3.8) is 0 Å². The highest BCUT2D eigenvalue weighted by atomic mass is 19.4. The number of amides is 1. The van der Waals surface area contributed by atoms with E-state index < -0.39 is 36.6 Å². The summed E-state index contributed by atoms with van der Waals surface area (Å²) in [5.41, 5.74) is -0.715. The maximum absolute atomic E-state index is 13.0. The molecular formula is C18H15F6NO2. The van der Waals surface area contributed by atoms with E-state index >= 15 is 0 Å². The number of nitrogens with one attached hydrogen (secondary N) is 1. The van der Waals surface area contributed by atoms with Crippen molar-refractivity contribution in [3.8, 4) is 5.75 Å². The monoisotopic (exact) mass is 391 g/mol. The molecule has 0 bridgehead atoms. The van der Waals surface area contributed by atoms with Crippen LogP contribution in [0.25, 0.3) is 0 Å². The molecule has 0 aliphatic heterocycles. The fourth-order valence-corrected chi connectivity index (χ4v) is 2.34. The van der Waals surface area contributed by atoms with E-state index in [0.717, 1.165) is 12.1 Å². The molecule has 0 fully saturated rings. The van der Waals surface area contributed by atoms with Gasteiger partial charge in [0.25, 0.3) is 0 Å². The van der Waals surface area contributed by atoms with E-state index in [2.05, 4.69) is 10.1 Å². The molecular weight excluding hydrogens is 376 g/mol. The number of halogens is 6. The van der Waals surface area contributed by atoms with E-state index in [1.807, 2.05) is 0 Å². The van der Waals surface area contributed by atoms with Crippen LogP contribution >= 0.6 is 0 Å². The topological polar surface area (TPSA) is 38.3 Å². The van der Waals surface area contributed by atoms with Crippen LogP contribution in [0.4, 0.5) is 26.3 Å². The second-order valence-electron chi connectivity index (χ2n) is 5.60. The van der Waals surface area contributed by atoms with E-state index in [0.29, 0.717) is 11.6 Å². The lowest BCUT2D eigenvalue weighted by Crippen LogP contribution is -2.24. The molecule has 9 heteroatoms. The van der Waals surface area contributed by atoms with Gasteiger partial charge in [-0.2, -0.15) is 22.0 Å². The molecule has 27 heavy (non-hydrogen) atoms. The number of carbonyl (C=O) groups is 1.